The van der Waals surface area contributed by atoms with Gasteiger partial charge in [-0.25, -0.2) is 13.2 Å². The minimum Gasteiger partial charge on any atom is -0.444 e. The molecule has 1 heterocycles. The number of carbonyl (C=O) groups is 4. The number of carbonyl (C=O) groups excluding carboxylic acids is 4. The van der Waals surface area contributed by atoms with Crippen molar-refractivity contribution >= 4 is 44.6 Å². The fraction of sp³-hybridized carbons (Fsp3) is 0.529. The van der Waals surface area contributed by atoms with E-state index in [9.17, 15) is 27.6 Å². The second-order valence-corrected chi connectivity index (χ2v) is 16.3. The summed E-state index contributed by atoms with van der Waals surface area (Å²) in [5.41, 5.74) is -2.20. The molecule has 2 aliphatic rings. The van der Waals surface area contributed by atoms with E-state index in [2.05, 4.69) is 17.2 Å². The van der Waals surface area contributed by atoms with Crippen molar-refractivity contribution in [3.63, 3.8) is 0 Å². The molecule has 3 N–H and O–H groups in total. The minimum absolute atomic E-state index is 0.0422. The summed E-state index contributed by atoms with van der Waals surface area (Å²) in [7, 11) is -3.91. The molecule has 47 heavy (non-hydrogen) atoms. The molecule has 13 heteroatoms. The van der Waals surface area contributed by atoms with Crippen LogP contribution in [0.25, 0.3) is 10.8 Å². The predicted octanol–water partition coefficient (Wildman–Crippen LogP) is 3.40. The standard InChI is InChI=1S/C34H46N4O8S/c1-9-24-18-34(24,30(41)37-47(8,43)44)36-28(39)26-17-25(45-20-21-14-15-22-12-10-11-13-23(22)16-21)19-38(26)29(40)27(32(2,3)4)35-31(42)46-33(5,6)7/h9-16,24-27H,1,17-20H2,2-8H3,(H,35,42)(H,36,39)(H,37,41)/t24?,25-,26+,27-,34?/m1/s1. The molecule has 12 nitrogen and oxygen atoms in total. The Morgan fingerprint density at radius 1 is 1.06 bits per heavy atom. The Morgan fingerprint density at radius 2 is 1.72 bits per heavy atom. The van der Waals surface area contributed by atoms with Crippen molar-refractivity contribution < 1.29 is 37.1 Å². The third-order valence-corrected chi connectivity index (χ3v) is 8.81. The molecule has 4 rings (SSSR count). The van der Waals surface area contributed by atoms with Crippen LogP contribution in [0.5, 0.6) is 0 Å². The van der Waals surface area contributed by atoms with Crippen molar-refractivity contribution in [1.82, 2.24) is 20.3 Å². The fourth-order valence-electron chi connectivity index (χ4n) is 5.79. The van der Waals surface area contributed by atoms with E-state index in [1.807, 2.05) is 47.2 Å². The third kappa shape index (κ3) is 8.89. The molecule has 1 saturated carbocycles. The molecule has 0 aromatic heterocycles. The molecule has 2 aromatic carbocycles. The first-order valence-electron chi connectivity index (χ1n) is 15.6. The average molecular weight is 671 g/mol. The monoisotopic (exact) mass is 670 g/mol. The SMILES string of the molecule is C=CC1CC1(NC(=O)[C@@H]1C[C@@H](OCc2ccc3ccccc3c2)CN1C(=O)[C@@H](NC(=O)OC(C)(C)C)C(C)(C)C)C(=O)NS(C)(=O)=O. The Kier molecular flexibility index (Phi) is 10.1. The van der Waals surface area contributed by atoms with Crippen LogP contribution in [0.3, 0.4) is 0 Å². The number of rotatable bonds is 10. The summed E-state index contributed by atoms with van der Waals surface area (Å²) in [6, 6.07) is 11.8. The molecule has 2 fully saturated rings. The number of likely N-dealkylation sites (tertiary alicyclic amines) is 1. The Morgan fingerprint density at radius 3 is 2.30 bits per heavy atom. The molecule has 0 spiro atoms. The zero-order chi connectivity index (χ0) is 34.9. The van der Waals surface area contributed by atoms with Gasteiger partial charge in [-0.3, -0.25) is 19.1 Å². The number of hydrogen-bond acceptors (Lipinski definition) is 8. The Bertz CT molecular complexity index is 1660. The number of benzene rings is 2. The normalized spacial score (nSPS) is 23.5. The van der Waals surface area contributed by atoms with Gasteiger partial charge in [0.05, 0.1) is 19.0 Å². The molecular weight excluding hydrogens is 624 g/mol. The second kappa shape index (κ2) is 13.3. The second-order valence-electron chi connectivity index (χ2n) is 14.5. The number of sulfonamides is 1. The van der Waals surface area contributed by atoms with Gasteiger partial charge in [0.2, 0.25) is 21.8 Å². The first-order chi connectivity index (χ1) is 21.7. The van der Waals surface area contributed by atoms with Crippen molar-refractivity contribution in [1.29, 1.82) is 0 Å². The summed E-state index contributed by atoms with van der Waals surface area (Å²) in [4.78, 5) is 55.4. The smallest absolute Gasteiger partial charge is 0.408 e. The van der Waals surface area contributed by atoms with E-state index >= 15 is 0 Å². The number of alkyl carbamates (subject to hydrolysis) is 1. The molecule has 2 unspecified atom stereocenters. The molecule has 256 valence electrons. The van der Waals surface area contributed by atoms with Gasteiger partial charge in [-0.1, -0.05) is 63.2 Å². The average Bonchev–Trinajstić information content (AvgIpc) is 3.50. The van der Waals surface area contributed by atoms with Crippen LogP contribution < -0.4 is 15.4 Å². The lowest BCUT2D eigenvalue weighted by molar-refractivity contribution is -0.143. The number of hydrogen-bond donors (Lipinski definition) is 3. The number of ether oxygens (including phenoxy) is 2. The van der Waals surface area contributed by atoms with E-state index < -0.39 is 74.5 Å². The van der Waals surface area contributed by atoms with Gasteiger partial charge >= 0.3 is 6.09 Å². The van der Waals surface area contributed by atoms with E-state index in [1.54, 1.807) is 41.5 Å². The summed E-state index contributed by atoms with van der Waals surface area (Å²) in [5.74, 6) is -2.55. The van der Waals surface area contributed by atoms with Crippen LogP contribution in [0, 0.1) is 11.3 Å². The fourth-order valence-corrected chi connectivity index (χ4v) is 6.31. The van der Waals surface area contributed by atoms with E-state index in [0.29, 0.717) is 0 Å². The molecule has 2 aromatic rings. The van der Waals surface area contributed by atoms with E-state index in [0.717, 1.165) is 22.6 Å². The van der Waals surface area contributed by atoms with E-state index in [-0.39, 0.29) is 26.0 Å². The van der Waals surface area contributed by atoms with Crippen molar-refractivity contribution in [2.45, 2.75) is 90.3 Å². The van der Waals surface area contributed by atoms with Crippen LogP contribution in [-0.4, -0.2) is 79.3 Å². The van der Waals surface area contributed by atoms with Crippen LogP contribution >= 0.6 is 0 Å². The lowest BCUT2D eigenvalue weighted by Gasteiger charge is -2.36. The van der Waals surface area contributed by atoms with Gasteiger partial charge in [-0.15, -0.1) is 6.58 Å². The molecule has 4 amide bonds. The number of amides is 4. The highest BCUT2D eigenvalue weighted by atomic mass is 32.2. The first-order valence-corrected chi connectivity index (χ1v) is 17.5. The molecular formula is C34H46N4O8S. The summed E-state index contributed by atoms with van der Waals surface area (Å²) in [5, 5.41) is 7.56. The number of nitrogens with zero attached hydrogens (tertiary/aromatic N) is 1. The summed E-state index contributed by atoms with van der Waals surface area (Å²) >= 11 is 0. The predicted molar refractivity (Wildman–Crippen MR) is 177 cm³/mol. The molecule has 0 radical (unpaired) electrons. The molecule has 5 atom stereocenters. The van der Waals surface area contributed by atoms with Gasteiger partial charge in [-0.05, 0) is 55.0 Å². The highest BCUT2D eigenvalue weighted by molar-refractivity contribution is 7.89. The topological polar surface area (TPSA) is 160 Å². The Labute approximate surface area is 276 Å². The summed E-state index contributed by atoms with van der Waals surface area (Å²) < 4.78 is 37.4. The number of nitrogens with one attached hydrogen (secondary N) is 3. The van der Waals surface area contributed by atoms with Crippen LogP contribution in [0.4, 0.5) is 4.79 Å². The van der Waals surface area contributed by atoms with Gasteiger partial charge in [-0.2, -0.15) is 0 Å². The Balaban J connectivity index is 1.60. The highest BCUT2D eigenvalue weighted by Crippen LogP contribution is 2.45. The minimum atomic E-state index is -3.91. The lowest BCUT2D eigenvalue weighted by atomic mass is 9.85. The van der Waals surface area contributed by atoms with Crippen molar-refractivity contribution in [2.24, 2.45) is 11.3 Å². The lowest BCUT2D eigenvalue weighted by Crippen LogP contribution is -2.60. The van der Waals surface area contributed by atoms with Crippen molar-refractivity contribution in [3.8, 4) is 0 Å². The van der Waals surface area contributed by atoms with Crippen molar-refractivity contribution in [2.75, 3.05) is 12.8 Å². The van der Waals surface area contributed by atoms with Crippen molar-refractivity contribution in [3.05, 3.63) is 60.7 Å². The molecule has 0 bridgehead atoms. The van der Waals surface area contributed by atoms with Crippen LogP contribution in [-0.2, 0) is 40.5 Å². The third-order valence-electron chi connectivity index (χ3n) is 8.25. The molecule has 1 aliphatic heterocycles. The maximum Gasteiger partial charge on any atom is 0.408 e. The van der Waals surface area contributed by atoms with Gasteiger partial charge in [0, 0.05) is 18.9 Å². The molecule has 1 aliphatic carbocycles. The highest BCUT2D eigenvalue weighted by Gasteiger charge is 2.61. The zero-order valence-electron chi connectivity index (χ0n) is 28.1. The quantitative estimate of drug-likeness (QED) is 0.325. The van der Waals surface area contributed by atoms with Crippen LogP contribution in [0.15, 0.2) is 55.1 Å². The largest absolute Gasteiger partial charge is 0.444 e. The van der Waals surface area contributed by atoms with Gasteiger partial charge in [0.1, 0.15) is 23.2 Å². The maximum absolute atomic E-state index is 14.2. The summed E-state index contributed by atoms with van der Waals surface area (Å²) in [6.45, 7) is 14.5. The van der Waals surface area contributed by atoms with E-state index in [4.69, 9.17) is 9.47 Å². The zero-order valence-corrected chi connectivity index (χ0v) is 28.9. The van der Waals surface area contributed by atoms with Gasteiger partial charge in [0.15, 0.2) is 0 Å². The number of fused-ring (bicyclic) bond motifs is 1. The molecule has 1 saturated heterocycles. The Hall–Kier alpha value is -3.97. The van der Waals surface area contributed by atoms with Gasteiger partial charge in [0.25, 0.3) is 5.91 Å². The summed E-state index contributed by atoms with van der Waals surface area (Å²) in [6.07, 6.45) is 1.26. The van der Waals surface area contributed by atoms with Crippen LogP contribution in [0.2, 0.25) is 0 Å². The van der Waals surface area contributed by atoms with Crippen LogP contribution in [0.1, 0.15) is 59.9 Å². The van der Waals surface area contributed by atoms with Gasteiger partial charge < -0.3 is 25.0 Å². The first kappa shape index (κ1) is 35.9. The van der Waals surface area contributed by atoms with E-state index in [1.165, 1.54) is 11.0 Å². The maximum atomic E-state index is 14.2.